The van der Waals surface area contributed by atoms with Crippen LogP contribution in [0.3, 0.4) is 0 Å². The molecule has 1 fully saturated rings. The zero-order valence-electron chi connectivity index (χ0n) is 20.1. The number of hydrogen-bond acceptors (Lipinski definition) is 7. The van der Waals surface area contributed by atoms with Crippen LogP contribution in [-0.4, -0.2) is 49.4 Å². The van der Waals surface area contributed by atoms with Gasteiger partial charge in [-0.2, -0.15) is 4.98 Å². The summed E-state index contributed by atoms with van der Waals surface area (Å²) in [6, 6.07) is 15.7. The molecule has 0 radical (unpaired) electrons. The molecule has 2 aromatic carbocycles. The fourth-order valence-electron chi connectivity index (χ4n) is 4.25. The van der Waals surface area contributed by atoms with Crippen molar-refractivity contribution < 1.29 is 18.8 Å². The van der Waals surface area contributed by atoms with Gasteiger partial charge in [-0.1, -0.05) is 12.1 Å². The molecule has 0 bridgehead atoms. The van der Waals surface area contributed by atoms with Gasteiger partial charge in [-0.3, -0.25) is 4.79 Å². The van der Waals surface area contributed by atoms with Crippen molar-refractivity contribution in [1.29, 1.82) is 0 Å². The summed E-state index contributed by atoms with van der Waals surface area (Å²) in [4.78, 5) is 22.1. The van der Waals surface area contributed by atoms with Crippen molar-refractivity contribution in [3.05, 3.63) is 48.5 Å². The summed E-state index contributed by atoms with van der Waals surface area (Å²) in [5.74, 6) is 2.10. The van der Waals surface area contributed by atoms with Gasteiger partial charge >= 0.3 is 6.01 Å². The first-order valence-corrected chi connectivity index (χ1v) is 11.9. The summed E-state index contributed by atoms with van der Waals surface area (Å²) in [5, 5.41) is 4.15. The third kappa shape index (κ3) is 5.32. The van der Waals surface area contributed by atoms with E-state index in [1.54, 1.807) is 7.11 Å². The SMILES string of the molecule is CCCN(C(=O)[C@@H]1CCCN(c2nc(-c3ccc(OC)cc3)no2)C1)c1ccc(OCC)cc1. The number of benzene rings is 2. The number of carbonyl (C=O) groups is 1. The molecule has 3 aromatic rings. The minimum atomic E-state index is -0.136. The summed E-state index contributed by atoms with van der Waals surface area (Å²) < 4.78 is 16.3. The van der Waals surface area contributed by atoms with Crippen molar-refractivity contribution in [2.45, 2.75) is 33.1 Å². The standard InChI is InChI=1S/C26H32N4O4/c1-4-16-30(21-10-14-23(15-11-21)33-5-2)25(31)20-7-6-17-29(18-20)26-27-24(28-34-26)19-8-12-22(32-3)13-9-19/h8-15,20H,4-7,16-18H2,1-3H3/t20-/m1/s1. The van der Waals surface area contributed by atoms with Gasteiger partial charge in [0.05, 0.1) is 19.6 Å². The van der Waals surface area contributed by atoms with Gasteiger partial charge in [0, 0.05) is 30.9 Å². The van der Waals surface area contributed by atoms with E-state index in [1.165, 1.54) is 0 Å². The second-order valence-corrected chi connectivity index (χ2v) is 8.33. The van der Waals surface area contributed by atoms with Crippen LogP contribution in [0.5, 0.6) is 11.5 Å². The predicted molar refractivity (Wildman–Crippen MR) is 131 cm³/mol. The molecule has 1 aliphatic rings. The molecule has 0 spiro atoms. The fraction of sp³-hybridized carbons (Fsp3) is 0.423. The number of hydrogen-bond donors (Lipinski definition) is 0. The largest absolute Gasteiger partial charge is 0.497 e. The number of ether oxygens (including phenoxy) is 2. The Morgan fingerprint density at radius 3 is 2.53 bits per heavy atom. The molecule has 1 aliphatic heterocycles. The molecule has 0 aliphatic carbocycles. The van der Waals surface area contributed by atoms with Gasteiger partial charge in [0.15, 0.2) is 0 Å². The highest BCUT2D eigenvalue weighted by atomic mass is 16.5. The van der Waals surface area contributed by atoms with E-state index in [-0.39, 0.29) is 11.8 Å². The van der Waals surface area contributed by atoms with Gasteiger partial charge < -0.3 is 23.8 Å². The molecule has 34 heavy (non-hydrogen) atoms. The molecule has 1 saturated heterocycles. The molecule has 1 aromatic heterocycles. The van der Waals surface area contributed by atoms with Crippen molar-refractivity contribution in [1.82, 2.24) is 10.1 Å². The average molecular weight is 465 g/mol. The molecule has 8 heteroatoms. The number of amides is 1. The first kappa shape index (κ1) is 23.6. The summed E-state index contributed by atoms with van der Waals surface area (Å²) in [5.41, 5.74) is 1.75. The van der Waals surface area contributed by atoms with Crippen molar-refractivity contribution >= 4 is 17.6 Å². The summed E-state index contributed by atoms with van der Waals surface area (Å²) >= 11 is 0. The van der Waals surface area contributed by atoms with Crippen LogP contribution in [0.15, 0.2) is 53.1 Å². The lowest BCUT2D eigenvalue weighted by Gasteiger charge is -2.34. The van der Waals surface area contributed by atoms with Crippen LogP contribution >= 0.6 is 0 Å². The number of carbonyl (C=O) groups excluding carboxylic acids is 1. The lowest BCUT2D eigenvalue weighted by Crippen LogP contribution is -2.45. The van der Waals surface area contributed by atoms with Gasteiger partial charge in [-0.05, 0) is 74.7 Å². The van der Waals surface area contributed by atoms with Crippen LogP contribution in [0.2, 0.25) is 0 Å². The van der Waals surface area contributed by atoms with Crippen molar-refractivity contribution in [3.8, 4) is 22.9 Å². The second-order valence-electron chi connectivity index (χ2n) is 8.33. The molecule has 0 unspecified atom stereocenters. The molecule has 0 N–H and O–H groups in total. The lowest BCUT2D eigenvalue weighted by atomic mass is 9.96. The Bertz CT molecular complexity index is 1070. The highest BCUT2D eigenvalue weighted by Crippen LogP contribution is 2.28. The van der Waals surface area contributed by atoms with E-state index >= 15 is 0 Å². The molecule has 1 atom stereocenters. The molecule has 8 nitrogen and oxygen atoms in total. The maximum absolute atomic E-state index is 13.6. The smallest absolute Gasteiger partial charge is 0.324 e. The van der Waals surface area contributed by atoms with Crippen LogP contribution in [0.4, 0.5) is 11.7 Å². The minimum absolute atomic E-state index is 0.130. The Balaban J connectivity index is 1.46. The molecule has 1 amide bonds. The van der Waals surface area contributed by atoms with Crippen LogP contribution in [0.1, 0.15) is 33.1 Å². The van der Waals surface area contributed by atoms with Crippen LogP contribution in [-0.2, 0) is 4.79 Å². The third-order valence-electron chi connectivity index (χ3n) is 5.98. The molecular formula is C26H32N4O4. The van der Waals surface area contributed by atoms with Crippen molar-refractivity contribution in [2.24, 2.45) is 5.92 Å². The molecular weight excluding hydrogens is 432 g/mol. The summed E-state index contributed by atoms with van der Waals surface area (Å²) in [6.45, 7) is 6.67. The van der Waals surface area contributed by atoms with Gasteiger partial charge in [0.2, 0.25) is 11.7 Å². The lowest BCUT2D eigenvalue weighted by molar-refractivity contribution is -0.122. The Hall–Kier alpha value is -3.55. The molecule has 2 heterocycles. The number of nitrogens with zero attached hydrogens (tertiary/aromatic N) is 4. The Labute approximate surface area is 200 Å². The van der Waals surface area contributed by atoms with E-state index in [2.05, 4.69) is 17.1 Å². The number of piperidine rings is 1. The maximum atomic E-state index is 13.6. The zero-order chi connectivity index (χ0) is 23.9. The van der Waals surface area contributed by atoms with Crippen LogP contribution in [0.25, 0.3) is 11.4 Å². The molecule has 4 rings (SSSR count). The fourth-order valence-corrected chi connectivity index (χ4v) is 4.25. The van der Waals surface area contributed by atoms with E-state index in [4.69, 9.17) is 14.0 Å². The van der Waals surface area contributed by atoms with Gasteiger partial charge in [-0.25, -0.2) is 0 Å². The average Bonchev–Trinajstić information content (AvgIpc) is 3.38. The van der Waals surface area contributed by atoms with Crippen LogP contribution in [0, 0.1) is 5.92 Å². The number of anilines is 2. The number of rotatable bonds is 9. The van der Waals surface area contributed by atoms with E-state index < -0.39 is 0 Å². The first-order chi connectivity index (χ1) is 16.6. The summed E-state index contributed by atoms with van der Waals surface area (Å²) in [6.07, 6.45) is 2.61. The van der Waals surface area contributed by atoms with Crippen molar-refractivity contribution in [3.63, 3.8) is 0 Å². The third-order valence-corrected chi connectivity index (χ3v) is 5.98. The van der Waals surface area contributed by atoms with Crippen molar-refractivity contribution in [2.75, 3.05) is 43.2 Å². The highest BCUT2D eigenvalue weighted by Gasteiger charge is 2.32. The Morgan fingerprint density at radius 2 is 1.85 bits per heavy atom. The van der Waals surface area contributed by atoms with E-state index in [0.717, 1.165) is 48.6 Å². The monoisotopic (exact) mass is 464 g/mol. The maximum Gasteiger partial charge on any atom is 0.324 e. The normalized spacial score (nSPS) is 15.7. The second kappa shape index (κ2) is 11.0. The first-order valence-electron chi connectivity index (χ1n) is 11.9. The molecule has 0 saturated carbocycles. The predicted octanol–water partition coefficient (Wildman–Crippen LogP) is 4.80. The van der Waals surface area contributed by atoms with Crippen LogP contribution < -0.4 is 19.3 Å². The van der Waals surface area contributed by atoms with Gasteiger partial charge in [0.25, 0.3) is 0 Å². The highest BCUT2D eigenvalue weighted by molar-refractivity contribution is 5.95. The zero-order valence-corrected chi connectivity index (χ0v) is 20.1. The van der Waals surface area contributed by atoms with E-state index in [9.17, 15) is 4.79 Å². The molecule has 180 valence electrons. The Kier molecular flexibility index (Phi) is 7.67. The summed E-state index contributed by atoms with van der Waals surface area (Å²) in [7, 11) is 1.63. The minimum Gasteiger partial charge on any atom is -0.497 e. The van der Waals surface area contributed by atoms with E-state index in [0.29, 0.717) is 31.5 Å². The van der Waals surface area contributed by atoms with Gasteiger partial charge in [-0.15, -0.1) is 0 Å². The quantitative estimate of drug-likeness (QED) is 0.450. The number of aromatic nitrogens is 2. The number of methoxy groups -OCH3 is 1. The van der Waals surface area contributed by atoms with E-state index in [1.807, 2.05) is 65.3 Å². The Morgan fingerprint density at radius 1 is 1.12 bits per heavy atom. The topological polar surface area (TPSA) is 80.9 Å². The van der Waals surface area contributed by atoms with Gasteiger partial charge in [0.1, 0.15) is 11.5 Å².